The molecular weight excluding hydrogens is 326 g/mol. The van der Waals surface area contributed by atoms with Crippen molar-refractivity contribution in [1.29, 1.82) is 0 Å². The average Bonchev–Trinajstić information content (AvgIpc) is 2.94. The molecule has 136 valence electrons. The zero-order valence-electron chi connectivity index (χ0n) is 15.5. The fourth-order valence-electron chi connectivity index (χ4n) is 3.37. The van der Waals surface area contributed by atoms with Gasteiger partial charge in [-0.2, -0.15) is 0 Å². The van der Waals surface area contributed by atoms with E-state index in [-0.39, 0.29) is 11.0 Å². The number of halogens is 1. The van der Waals surface area contributed by atoms with E-state index in [0.717, 1.165) is 0 Å². The Bertz CT molecular complexity index is 744. The predicted molar refractivity (Wildman–Crippen MR) is 91.9 cm³/mol. The second-order valence-corrected chi connectivity index (χ2v) is 8.69. The molecule has 0 amide bonds. The molecule has 5 nitrogen and oxygen atoms in total. The summed E-state index contributed by atoms with van der Waals surface area (Å²) in [6, 6.07) is 0. The molecule has 1 aromatic heterocycles. The van der Waals surface area contributed by atoms with Crippen LogP contribution in [0.1, 0.15) is 69.6 Å². The predicted octanol–water partition coefficient (Wildman–Crippen LogP) is 4.26. The Morgan fingerprint density at radius 3 is 2.20 bits per heavy atom. The lowest BCUT2D eigenvalue weighted by Crippen LogP contribution is -2.41. The van der Waals surface area contributed by atoms with Gasteiger partial charge in [-0.1, -0.05) is 13.8 Å². The second-order valence-electron chi connectivity index (χ2n) is 8.69. The van der Waals surface area contributed by atoms with Crippen LogP contribution in [0.5, 0.6) is 0 Å². The Labute approximate surface area is 147 Å². The summed E-state index contributed by atoms with van der Waals surface area (Å²) >= 11 is 0. The van der Waals surface area contributed by atoms with Crippen molar-refractivity contribution in [2.75, 3.05) is 0 Å². The first-order valence-electron chi connectivity index (χ1n) is 8.43. The monoisotopic (exact) mass is 350 g/mol. The van der Waals surface area contributed by atoms with Crippen LogP contribution in [-0.2, 0) is 15.7 Å². The molecule has 0 unspecified atom stereocenters. The van der Waals surface area contributed by atoms with Gasteiger partial charge in [-0.25, -0.2) is 9.18 Å². The highest BCUT2D eigenvalue weighted by molar-refractivity contribution is 6.55. The van der Waals surface area contributed by atoms with Crippen LogP contribution in [0.25, 0.3) is 5.57 Å². The minimum atomic E-state index is -1.15. The summed E-state index contributed by atoms with van der Waals surface area (Å²) < 4.78 is 32.5. The third-order valence-electron chi connectivity index (χ3n) is 5.44. The van der Waals surface area contributed by atoms with E-state index < -0.39 is 30.0 Å². The van der Waals surface area contributed by atoms with Gasteiger partial charge >= 0.3 is 13.1 Å². The third-order valence-corrected chi connectivity index (χ3v) is 5.44. The first-order chi connectivity index (χ1) is 11.3. The molecule has 3 rings (SSSR count). The molecule has 0 bridgehead atoms. The highest BCUT2D eigenvalue weighted by atomic mass is 19.1. The number of aromatic carboxylic acids is 1. The molecule has 0 atom stereocenters. The Morgan fingerprint density at radius 1 is 1.12 bits per heavy atom. The van der Waals surface area contributed by atoms with Gasteiger partial charge in [0, 0.05) is 12.0 Å². The third kappa shape index (κ3) is 2.93. The van der Waals surface area contributed by atoms with Crippen molar-refractivity contribution >= 4 is 18.7 Å². The summed E-state index contributed by atoms with van der Waals surface area (Å²) in [4.78, 5) is 11.5. The van der Waals surface area contributed by atoms with Gasteiger partial charge in [0.05, 0.1) is 11.2 Å². The number of allylic oxidation sites excluding steroid dienone is 1. The van der Waals surface area contributed by atoms with Crippen LogP contribution < -0.4 is 0 Å². The number of carboxylic acids is 1. The van der Waals surface area contributed by atoms with Crippen molar-refractivity contribution in [2.45, 2.75) is 65.6 Å². The minimum absolute atomic E-state index is 0.0211. The molecule has 1 fully saturated rings. The maximum Gasteiger partial charge on any atom is 0.525 e. The Morgan fingerprint density at radius 2 is 1.68 bits per heavy atom. The van der Waals surface area contributed by atoms with Crippen molar-refractivity contribution < 1.29 is 28.0 Å². The second kappa shape index (κ2) is 5.45. The molecule has 0 saturated carbocycles. The molecule has 2 aliphatic rings. The van der Waals surface area contributed by atoms with Crippen molar-refractivity contribution in [3.63, 3.8) is 0 Å². The molecule has 1 aromatic rings. The molecule has 7 heteroatoms. The lowest BCUT2D eigenvalue weighted by atomic mass is 9.70. The van der Waals surface area contributed by atoms with E-state index >= 15 is 4.39 Å². The van der Waals surface area contributed by atoms with Crippen molar-refractivity contribution in [3.8, 4) is 0 Å². The number of carbonyl (C=O) groups is 1. The quantitative estimate of drug-likeness (QED) is 0.807. The van der Waals surface area contributed by atoms with Gasteiger partial charge in [0.1, 0.15) is 23.3 Å². The lowest BCUT2D eigenvalue weighted by Gasteiger charge is -2.32. The molecule has 1 saturated heterocycles. The number of hydrogen-bond acceptors (Lipinski definition) is 4. The van der Waals surface area contributed by atoms with Crippen molar-refractivity contribution in [2.24, 2.45) is 5.41 Å². The van der Waals surface area contributed by atoms with E-state index in [0.29, 0.717) is 29.7 Å². The molecule has 1 aliphatic carbocycles. The highest BCUT2D eigenvalue weighted by Gasteiger charge is 2.54. The van der Waals surface area contributed by atoms with E-state index in [1.807, 2.05) is 41.5 Å². The van der Waals surface area contributed by atoms with Gasteiger partial charge in [0.2, 0.25) is 0 Å². The van der Waals surface area contributed by atoms with Gasteiger partial charge in [0.15, 0.2) is 0 Å². The zero-order chi connectivity index (χ0) is 18.8. The molecule has 0 radical (unpaired) electrons. The Balaban J connectivity index is 2.11. The first kappa shape index (κ1) is 18.2. The molecule has 25 heavy (non-hydrogen) atoms. The van der Waals surface area contributed by atoms with E-state index in [9.17, 15) is 9.90 Å². The van der Waals surface area contributed by atoms with Gasteiger partial charge in [0.25, 0.3) is 0 Å². The molecule has 1 N–H and O–H groups in total. The van der Waals surface area contributed by atoms with Gasteiger partial charge in [-0.05, 0) is 45.1 Å². The summed E-state index contributed by atoms with van der Waals surface area (Å²) in [6.45, 7) is 11.4. The Hall–Kier alpha value is -1.60. The molecular formula is C18H24BFO5. The van der Waals surface area contributed by atoms with Crippen LogP contribution in [0.3, 0.4) is 0 Å². The summed E-state index contributed by atoms with van der Waals surface area (Å²) in [5, 5.41) is 9.42. The van der Waals surface area contributed by atoms with Crippen LogP contribution in [-0.4, -0.2) is 29.4 Å². The molecule has 1 aliphatic heterocycles. The van der Waals surface area contributed by atoms with Crippen LogP contribution in [0.4, 0.5) is 4.39 Å². The summed E-state index contributed by atoms with van der Waals surface area (Å²) in [7, 11) is -1.15. The summed E-state index contributed by atoms with van der Waals surface area (Å²) in [6.07, 6.45) is 2.12. The molecule has 0 aromatic carbocycles. The maximum absolute atomic E-state index is 15.4. The smallest absolute Gasteiger partial charge is 0.478 e. The van der Waals surface area contributed by atoms with Gasteiger partial charge in [-0.3, -0.25) is 0 Å². The normalized spacial score (nSPS) is 25.6. The Kier molecular flexibility index (Phi) is 3.97. The lowest BCUT2D eigenvalue weighted by molar-refractivity contribution is 0.00578. The molecule has 2 heterocycles. The summed E-state index contributed by atoms with van der Waals surface area (Å²) in [5.41, 5.74) is -1.56. The number of furan rings is 1. The van der Waals surface area contributed by atoms with Crippen molar-refractivity contribution in [3.05, 3.63) is 28.9 Å². The van der Waals surface area contributed by atoms with Crippen LogP contribution in [0.2, 0.25) is 0 Å². The fourth-order valence-corrected chi connectivity index (χ4v) is 3.37. The number of rotatable bonds is 2. The number of fused-ring (bicyclic) bond motifs is 1. The number of carboxylic acid groups (broad SMARTS) is 1. The fraction of sp³-hybridized carbons (Fsp3) is 0.611. The standard InChI is InChI=1S/C18H24BFO5/c1-16(2)7-10(13-11(15(21)22)9-23-12(13)8-16)14(20)19-24-17(3,4)18(5,6)25-19/h9H,7-8H2,1-6H3,(H,21,22). The zero-order valence-corrected chi connectivity index (χ0v) is 15.5. The number of hydrogen-bond donors (Lipinski definition) is 1. The van der Waals surface area contributed by atoms with Crippen LogP contribution >= 0.6 is 0 Å². The average molecular weight is 350 g/mol. The van der Waals surface area contributed by atoms with Gasteiger partial charge < -0.3 is 18.8 Å². The minimum Gasteiger partial charge on any atom is -0.478 e. The van der Waals surface area contributed by atoms with Gasteiger partial charge in [-0.15, -0.1) is 0 Å². The maximum atomic E-state index is 15.4. The van der Waals surface area contributed by atoms with E-state index in [4.69, 9.17) is 13.7 Å². The summed E-state index contributed by atoms with van der Waals surface area (Å²) in [5.74, 6) is -0.640. The van der Waals surface area contributed by atoms with Crippen LogP contribution in [0, 0.1) is 5.41 Å². The van der Waals surface area contributed by atoms with E-state index in [2.05, 4.69) is 0 Å². The topological polar surface area (TPSA) is 68.9 Å². The SMILES string of the molecule is CC1(C)CC(=C(F)B2OC(C)(C)C(C)(C)O2)c2c(C(=O)O)coc2C1. The van der Waals surface area contributed by atoms with Crippen LogP contribution in [0.15, 0.2) is 16.4 Å². The largest absolute Gasteiger partial charge is 0.525 e. The first-order valence-corrected chi connectivity index (χ1v) is 8.43. The molecule has 0 spiro atoms. The van der Waals surface area contributed by atoms with Crippen molar-refractivity contribution in [1.82, 2.24) is 0 Å². The van der Waals surface area contributed by atoms with E-state index in [1.165, 1.54) is 6.26 Å². The van der Waals surface area contributed by atoms with E-state index in [1.54, 1.807) is 0 Å². The highest BCUT2D eigenvalue weighted by Crippen LogP contribution is 2.47.